The van der Waals surface area contributed by atoms with Gasteiger partial charge in [-0.1, -0.05) is 0 Å². The summed E-state index contributed by atoms with van der Waals surface area (Å²) in [5.41, 5.74) is 3.33. The number of hydrogen-bond acceptors (Lipinski definition) is 6. The second-order valence-corrected chi connectivity index (χ2v) is 5.39. The molecule has 0 spiro atoms. The molecule has 8 heteroatoms. The summed E-state index contributed by atoms with van der Waals surface area (Å²) in [6.45, 7) is 1.66. The van der Waals surface area contributed by atoms with Crippen molar-refractivity contribution in [3.05, 3.63) is 54.0 Å². The van der Waals surface area contributed by atoms with Crippen LogP contribution in [0.25, 0.3) is 6.08 Å². The van der Waals surface area contributed by atoms with E-state index in [0.717, 1.165) is 0 Å². The van der Waals surface area contributed by atoms with Crippen LogP contribution in [0.15, 0.2) is 52.2 Å². The van der Waals surface area contributed by atoms with Gasteiger partial charge in [-0.15, -0.1) is 0 Å². The van der Waals surface area contributed by atoms with Crippen molar-refractivity contribution in [2.24, 2.45) is 5.10 Å². The molecule has 8 nitrogen and oxygen atoms in total. The maximum absolute atomic E-state index is 12.1. The number of nitrogens with zero attached hydrogens (tertiary/aromatic N) is 1. The minimum atomic E-state index is -0.440. The van der Waals surface area contributed by atoms with E-state index in [4.69, 9.17) is 13.9 Å². The van der Waals surface area contributed by atoms with Crippen LogP contribution in [0.5, 0.6) is 11.5 Å². The summed E-state index contributed by atoms with van der Waals surface area (Å²) >= 11 is 0. The Bertz CT molecular complexity index is 856. The van der Waals surface area contributed by atoms with Crippen molar-refractivity contribution in [2.75, 3.05) is 13.3 Å². The van der Waals surface area contributed by atoms with E-state index < -0.39 is 11.8 Å². The number of amides is 2. The van der Waals surface area contributed by atoms with E-state index in [-0.39, 0.29) is 13.3 Å². The van der Waals surface area contributed by atoms with Gasteiger partial charge in [0, 0.05) is 5.56 Å². The first-order valence-corrected chi connectivity index (χ1v) is 7.84. The number of furan rings is 1. The fourth-order valence-electron chi connectivity index (χ4n) is 2.12. The highest BCUT2D eigenvalue weighted by Crippen LogP contribution is 2.32. The number of rotatable bonds is 6. The van der Waals surface area contributed by atoms with E-state index in [1.54, 1.807) is 55.7 Å². The molecule has 1 aliphatic rings. The molecule has 2 amide bonds. The van der Waals surface area contributed by atoms with Crippen LogP contribution in [0.3, 0.4) is 0 Å². The Labute approximate surface area is 149 Å². The summed E-state index contributed by atoms with van der Waals surface area (Å²) in [4.78, 5) is 23.9. The lowest BCUT2D eigenvalue weighted by molar-refractivity contribution is -0.120. The highest BCUT2D eigenvalue weighted by atomic mass is 16.7. The van der Waals surface area contributed by atoms with Gasteiger partial charge in [-0.05, 0) is 49.4 Å². The van der Waals surface area contributed by atoms with Crippen molar-refractivity contribution in [3.63, 3.8) is 0 Å². The molecule has 2 N–H and O–H groups in total. The van der Waals surface area contributed by atoms with E-state index in [1.807, 2.05) is 0 Å². The van der Waals surface area contributed by atoms with Gasteiger partial charge in [-0.25, -0.2) is 5.43 Å². The lowest BCUT2D eigenvalue weighted by Crippen LogP contribution is -2.35. The second kappa shape index (κ2) is 8.02. The third kappa shape index (κ3) is 4.50. The summed E-state index contributed by atoms with van der Waals surface area (Å²) < 4.78 is 15.6. The number of fused-ring (bicyclic) bond motifs is 1. The Kier molecular flexibility index (Phi) is 5.33. The van der Waals surface area contributed by atoms with Crippen molar-refractivity contribution in [1.29, 1.82) is 0 Å². The molecule has 2 aromatic rings. The van der Waals surface area contributed by atoms with Crippen LogP contribution in [0.4, 0.5) is 0 Å². The molecular weight excluding hydrogens is 338 g/mol. The zero-order valence-corrected chi connectivity index (χ0v) is 14.0. The van der Waals surface area contributed by atoms with E-state index in [2.05, 4.69) is 15.8 Å². The van der Waals surface area contributed by atoms with Crippen LogP contribution >= 0.6 is 0 Å². The topological polar surface area (TPSA) is 102 Å². The third-order valence-electron chi connectivity index (χ3n) is 3.43. The second-order valence-electron chi connectivity index (χ2n) is 5.39. The summed E-state index contributed by atoms with van der Waals surface area (Å²) in [7, 11) is 0. The van der Waals surface area contributed by atoms with E-state index >= 15 is 0 Å². The monoisotopic (exact) mass is 355 g/mol. The lowest BCUT2D eigenvalue weighted by Gasteiger charge is -2.05. The average Bonchev–Trinajstić information content (AvgIpc) is 3.33. The van der Waals surface area contributed by atoms with Gasteiger partial charge in [0.15, 0.2) is 11.5 Å². The molecule has 1 aromatic carbocycles. The van der Waals surface area contributed by atoms with Crippen LogP contribution in [0, 0.1) is 0 Å². The van der Waals surface area contributed by atoms with Crippen molar-refractivity contribution in [1.82, 2.24) is 10.7 Å². The van der Waals surface area contributed by atoms with Crippen LogP contribution in [0.2, 0.25) is 0 Å². The third-order valence-corrected chi connectivity index (χ3v) is 3.43. The summed E-state index contributed by atoms with van der Waals surface area (Å²) in [5.74, 6) is 0.945. The Hall–Kier alpha value is -3.55. The molecule has 0 unspecified atom stereocenters. The Morgan fingerprint density at radius 1 is 1.23 bits per heavy atom. The predicted octanol–water partition coefficient (Wildman–Crippen LogP) is 1.94. The molecule has 0 saturated heterocycles. The van der Waals surface area contributed by atoms with Gasteiger partial charge < -0.3 is 19.2 Å². The van der Waals surface area contributed by atoms with E-state index in [1.165, 1.54) is 0 Å². The average molecular weight is 355 g/mol. The van der Waals surface area contributed by atoms with Crippen LogP contribution < -0.4 is 20.2 Å². The number of hydrogen-bond donors (Lipinski definition) is 2. The normalized spacial score (nSPS) is 13.0. The molecule has 26 heavy (non-hydrogen) atoms. The molecule has 1 aliphatic heterocycles. The number of benzene rings is 1. The molecule has 0 radical (unpaired) electrons. The molecule has 0 bridgehead atoms. The highest BCUT2D eigenvalue weighted by Gasteiger charge is 2.16. The molecule has 3 rings (SSSR count). The Balaban J connectivity index is 1.46. The number of ether oxygens (including phenoxy) is 2. The van der Waals surface area contributed by atoms with Crippen molar-refractivity contribution in [2.45, 2.75) is 6.92 Å². The van der Waals surface area contributed by atoms with Crippen molar-refractivity contribution < 1.29 is 23.5 Å². The first-order chi connectivity index (χ1) is 12.6. The van der Waals surface area contributed by atoms with Gasteiger partial charge in [-0.3, -0.25) is 9.59 Å². The molecule has 0 atom stereocenters. The van der Waals surface area contributed by atoms with Gasteiger partial charge in [0.25, 0.3) is 11.8 Å². The Morgan fingerprint density at radius 3 is 2.88 bits per heavy atom. The fraction of sp³-hybridized carbons (Fsp3) is 0.167. The quantitative estimate of drug-likeness (QED) is 0.609. The van der Waals surface area contributed by atoms with Crippen LogP contribution in [-0.4, -0.2) is 30.9 Å². The zero-order valence-electron chi connectivity index (χ0n) is 14.0. The van der Waals surface area contributed by atoms with Crippen LogP contribution in [0.1, 0.15) is 23.0 Å². The number of carbonyl (C=O) groups excluding carboxylic acids is 2. The smallest absolute Gasteiger partial charge is 0.259 e. The molecule has 134 valence electrons. The molecule has 1 aromatic heterocycles. The van der Waals surface area contributed by atoms with Crippen LogP contribution in [-0.2, 0) is 4.79 Å². The summed E-state index contributed by atoms with van der Waals surface area (Å²) in [6, 6.07) is 8.39. The SMILES string of the molecule is CC(C=Cc1ccco1)=NNC(=O)CNC(=O)c1ccc2c(c1)OCO2. The molecule has 0 saturated carbocycles. The minimum Gasteiger partial charge on any atom is -0.465 e. The Morgan fingerprint density at radius 2 is 2.08 bits per heavy atom. The summed E-state index contributed by atoms with van der Waals surface area (Å²) in [6.07, 6.45) is 4.99. The number of carbonyl (C=O) groups is 2. The number of nitrogens with one attached hydrogen (secondary N) is 2. The minimum absolute atomic E-state index is 0.133. The van der Waals surface area contributed by atoms with Crippen molar-refractivity contribution in [3.8, 4) is 11.5 Å². The maximum Gasteiger partial charge on any atom is 0.259 e. The van der Waals surface area contributed by atoms with Gasteiger partial charge in [0.05, 0.1) is 18.5 Å². The van der Waals surface area contributed by atoms with Gasteiger partial charge in [0.2, 0.25) is 6.79 Å². The molecule has 2 heterocycles. The maximum atomic E-state index is 12.1. The van der Waals surface area contributed by atoms with Gasteiger partial charge in [-0.2, -0.15) is 5.10 Å². The highest BCUT2D eigenvalue weighted by molar-refractivity contribution is 5.98. The van der Waals surface area contributed by atoms with E-state index in [0.29, 0.717) is 28.5 Å². The summed E-state index contributed by atoms with van der Waals surface area (Å²) in [5, 5.41) is 6.44. The molecule has 0 aliphatic carbocycles. The number of hydrazone groups is 1. The largest absolute Gasteiger partial charge is 0.465 e. The molecule has 0 fully saturated rings. The van der Waals surface area contributed by atoms with Gasteiger partial charge in [0.1, 0.15) is 5.76 Å². The standard InChI is InChI=1S/C18H17N3O5/c1-12(4-6-14-3-2-8-24-14)20-21-17(22)10-19-18(23)13-5-7-15-16(9-13)26-11-25-15/h2-9H,10-11H2,1H3,(H,19,23)(H,21,22). The number of allylic oxidation sites excluding steroid dienone is 1. The van der Waals surface area contributed by atoms with Crippen molar-refractivity contribution >= 4 is 23.6 Å². The van der Waals surface area contributed by atoms with Gasteiger partial charge >= 0.3 is 0 Å². The first kappa shape index (κ1) is 17.3. The zero-order chi connectivity index (χ0) is 18.4. The molecular formula is C18H17N3O5. The van der Waals surface area contributed by atoms with E-state index in [9.17, 15) is 9.59 Å². The fourth-order valence-corrected chi connectivity index (χ4v) is 2.12. The first-order valence-electron chi connectivity index (χ1n) is 7.84. The lowest BCUT2D eigenvalue weighted by atomic mass is 10.2. The predicted molar refractivity (Wildman–Crippen MR) is 93.9 cm³/mol.